The number of aryl methyl sites for hydroxylation is 1. The van der Waals surface area contributed by atoms with Crippen LogP contribution in [0.1, 0.15) is 43.2 Å². The molecule has 4 rings (SSSR count). The molecule has 2 aromatic heterocycles. The minimum atomic E-state index is -0.635. The van der Waals surface area contributed by atoms with Gasteiger partial charge < -0.3 is 10.2 Å². The van der Waals surface area contributed by atoms with Crippen molar-refractivity contribution in [3.8, 4) is 11.8 Å². The molecule has 0 amide bonds. The van der Waals surface area contributed by atoms with Crippen LogP contribution in [0.4, 0.5) is 4.39 Å². The number of halogens is 1. The van der Waals surface area contributed by atoms with E-state index in [0.717, 1.165) is 4.57 Å². The number of pyridine rings is 1. The quantitative estimate of drug-likeness (QED) is 0.578. The van der Waals surface area contributed by atoms with Gasteiger partial charge in [-0.3, -0.25) is 14.2 Å². The summed E-state index contributed by atoms with van der Waals surface area (Å²) in [5, 5.41) is 20.9. The number of aromatic hydroxyl groups is 2. The Balaban J connectivity index is 1.88. The zero-order valence-corrected chi connectivity index (χ0v) is 13.7. The molecular formula is C19H13FN2O4. The third kappa shape index (κ3) is 2.21. The number of nitrogens with zero attached hydrogens (tertiary/aromatic N) is 2. The Bertz CT molecular complexity index is 1100. The molecule has 3 aromatic rings. The first-order valence-electron chi connectivity index (χ1n) is 7.84. The van der Waals surface area contributed by atoms with Crippen LogP contribution in [0.25, 0.3) is 0 Å². The zero-order chi connectivity index (χ0) is 18.6. The highest BCUT2D eigenvalue weighted by atomic mass is 19.1. The summed E-state index contributed by atoms with van der Waals surface area (Å²) in [5.41, 5.74) is 0.481. The number of rotatable bonds is 2. The van der Waals surface area contributed by atoms with Crippen molar-refractivity contribution in [3.05, 3.63) is 75.9 Å². The van der Waals surface area contributed by atoms with Gasteiger partial charge in [0.2, 0.25) is 23.3 Å². The van der Waals surface area contributed by atoms with Crippen molar-refractivity contribution in [2.24, 2.45) is 0 Å². The van der Waals surface area contributed by atoms with Gasteiger partial charge in [-0.15, -0.1) is 0 Å². The van der Waals surface area contributed by atoms with E-state index < -0.39 is 29.1 Å². The third-order valence-corrected chi connectivity index (χ3v) is 4.39. The van der Waals surface area contributed by atoms with Crippen LogP contribution in [-0.2, 0) is 6.54 Å². The molecule has 1 aromatic carbocycles. The molecule has 0 radical (unpaired) electrons. The van der Waals surface area contributed by atoms with Gasteiger partial charge in [0.15, 0.2) is 0 Å². The first-order chi connectivity index (χ1) is 12.4. The number of aromatic nitrogens is 2. The first kappa shape index (κ1) is 16.0. The summed E-state index contributed by atoms with van der Waals surface area (Å²) < 4.78 is 14.4. The van der Waals surface area contributed by atoms with Crippen LogP contribution in [0.2, 0.25) is 0 Å². The summed E-state index contributed by atoms with van der Waals surface area (Å²) in [6.45, 7) is 1.58. The fourth-order valence-electron chi connectivity index (χ4n) is 3.16. The number of fused-ring (bicyclic) bond motifs is 2. The van der Waals surface area contributed by atoms with Crippen LogP contribution in [0.15, 0.2) is 36.4 Å². The molecule has 0 fully saturated rings. The molecule has 1 aliphatic carbocycles. The van der Waals surface area contributed by atoms with Gasteiger partial charge in [0.25, 0.3) is 0 Å². The number of carbonyl (C=O) groups excluding carboxylic acids is 2. The Labute approximate surface area is 147 Å². The molecule has 7 heteroatoms. The van der Waals surface area contributed by atoms with Crippen molar-refractivity contribution in [2.75, 3.05) is 0 Å². The summed E-state index contributed by atoms with van der Waals surface area (Å²) in [7, 11) is 0. The minimum Gasteiger partial charge on any atom is -0.494 e. The summed E-state index contributed by atoms with van der Waals surface area (Å²) in [4.78, 5) is 29.6. The lowest BCUT2D eigenvalue weighted by Crippen LogP contribution is -2.21. The van der Waals surface area contributed by atoms with Crippen molar-refractivity contribution in [1.82, 2.24) is 9.55 Å². The van der Waals surface area contributed by atoms with Gasteiger partial charge in [-0.1, -0.05) is 12.1 Å². The molecular weight excluding hydrogens is 339 g/mol. The Kier molecular flexibility index (Phi) is 3.40. The predicted octanol–water partition coefficient (Wildman–Crippen LogP) is 2.57. The minimum absolute atomic E-state index is 0.0549. The van der Waals surface area contributed by atoms with Crippen molar-refractivity contribution < 1.29 is 24.2 Å². The van der Waals surface area contributed by atoms with Gasteiger partial charge in [0, 0.05) is 5.69 Å². The smallest absolute Gasteiger partial charge is 0.218 e. The Morgan fingerprint density at radius 3 is 2.42 bits per heavy atom. The SMILES string of the molecule is Cc1ccc2c(n1)C(=O)c1c(c(O)n(Cc3cccc(F)c3)c1O)C2=O. The van der Waals surface area contributed by atoms with Crippen LogP contribution in [0, 0.1) is 12.7 Å². The van der Waals surface area contributed by atoms with Gasteiger partial charge in [0.05, 0.1) is 17.7 Å². The topological polar surface area (TPSA) is 92.4 Å². The lowest BCUT2D eigenvalue weighted by atomic mass is 9.89. The summed E-state index contributed by atoms with van der Waals surface area (Å²) in [6.07, 6.45) is 0. The average molecular weight is 352 g/mol. The van der Waals surface area contributed by atoms with Gasteiger partial charge >= 0.3 is 0 Å². The first-order valence-corrected chi connectivity index (χ1v) is 7.84. The molecule has 0 atom stereocenters. The Morgan fingerprint density at radius 1 is 1.04 bits per heavy atom. The molecule has 0 saturated carbocycles. The number of carbonyl (C=O) groups is 2. The normalized spacial score (nSPS) is 12.8. The van der Waals surface area contributed by atoms with Crippen LogP contribution < -0.4 is 0 Å². The Hall–Kier alpha value is -3.48. The van der Waals surface area contributed by atoms with Crippen LogP contribution >= 0.6 is 0 Å². The lowest BCUT2D eigenvalue weighted by molar-refractivity contribution is 0.0972. The van der Waals surface area contributed by atoms with Gasteiger partial charge in [-0.2, -0.15) is 0 Å². The van der Waals surface area contributed by atoms with E-state index in [1.54, 1.807) is 19.1 Å². The molecule has 0 saturated heterocycles. The number of benzene rings is 1. The average Bonchev–Trinajstić information content (AvgIpc) is 2.85. The predicted molar refractivity (Wildman–Crippen MR) is 89.1 cm³/mol. The van der Waals surface area contributed by atoms with Gasteiger partial charge in [-0.05, 0) is 36.8 Å². The summed E-state index contributed by atoms with van der Waals surface area (Å²) >= 11 is 0. The Morgan fingerprint density at radius 2 is 1.73 bits per heavy atom. The van der Waals surface area contributed by atoms with E-state index in [0.29, 0.717) is 11.3 Å². The van der Waals surface area contributed by atoms with E-state index in [2.05, 4.69) is 4.98 Å². The third-order valence-electron chi connectivity index (χ3n) is 4.39. The highest BCUT2D eigenvalue weighted by Crippen LogP contribution is 2.40. The zero-order valence-electron chi connectivity index (χ0n) is 13.7. The monoisotopic (exact) mass is 352 g/mol. The second-order valence-electron chi connectivity index (χ2n) is 6.12. The van der Waals surface area contributed by atoms with E-state index in [4.69, 9.17) is 0 Å². The molecule has 2 heterocycles. The van der Waals surface area contributed by atoms with Crippen molar-refractivity contribution in [2.45, 2.75) is 13.5 Å². The van der Waals surface area contributed by atoms with E-state index in [-0.39, 0.29) is 28.9 Å². The molecule has 6 nitrogen and oxygen atoms in total. The van der Waals surface area contributed by atoms with Crippen LogP contribution in [0.5, 0.6) is 11.8 Å². The molecule has 0 spiro atoms. The van der Waals surface area contributed by atoms with Crippen molar-refractivity contribution >= 4 is 11.6 Å². The summed E-state index contributed by atoms with van der Waals surface area (Å²) in [6, 6.07) is 8.66. The fourth-order valence-corrected chi connectivity index (χ4v) is 3.16. The second-order valence-corrected chi connectivity index (χ2v) is 6.12. The maximum atomic E-state index is 13.4. The molecule has 0 bridgehead atoms. The molecule has 2 N–H and O–H groups in total. The van der Waals surface area contributed by atoms with E-state index in [9.17, 15) is 24.2 Å². The molecule has 0 unspecified atom stereocenters. The van der Waals surface area contributed by atoms with Crippen LogP contribution in [-0.4, -0.2) is 31.3 Å². The lowest BCUT2D eigenvalue weighted by Gasteiger charge is -2.13. The van der Waals surface area contributed by atoms with E-state index in [1.807, 2.05) is 0 Å². The maximum absolute atomic E-state index is 13.4. The highest BCUT2D eigenvalue weighted by Gasteiger charge is 2.39. The number of hydrogen-bond acceptors (Lipinski definition) is 5. The maximum Gasteiger partial charge on any atom is 0.218 e. The largest absolute Gasteiger partial charge is 0.494 e. The fraction of sp³-hybridized carbons (Fsp3) is 0.105. The number of hydrogen-bond donors (Lipinski definition) is 2. The molecule has 0 aliphatic heterocycles. The van der Waals surface area contributed by atoms with Gasteiger partial charge in [-0.25, -0.2) is 9.37 Å². The van der Waals surface area contributed by atoms with Crippen LogP contribution in [0.3, 0.4) is 0 Å². The van der Waals surface area contributed by atoms with Crippen molar-refractivity contribution in [3.63, 3.8) is 0 Å². The van der Waals surface area contributed by atoms with E-state index >= 15 is 0 Å². The van der Waals surface area contributed by atoms with E-state index in [1.165, 1.54) is 24.3 Å². The number of ketones is 2. The van der Waals surface area contributed by atoms with Crippen molar-refractivity contribution in [1.29, 1.82) is 0 Å². The standard InChI is InChI=1S/C19H13FN2O4/c1-9-5-6-12-15(21-9)17(24)14-13(16(12)23)18(25)22(19(14)26)8-10-3-2-4-11(20)7-10/h2-7,25-26H,8H2,1H3. The second kappa shape index (κ2) is 5.52. The highest BCUT2D eigenvalue weighted by molar-refractivity contribution is 6.29. The van der Waals surface area contributed by atoms with Gasteiger partial charge in [0.1, 0.15) is 17.1 Å². The molecule has 130 valence electrons. The molecule has 1 aliphatic rings. The summed E-state index contributed by atoms with van der Waals surface area (Å²) in [5.74, 6) is -2.78. The molecule has 26 heavy (non-hydrogen) atoms.